The summed E-state index contributed by atoms with van der Waals surface area (Å²) in [6, 6.07) is 0.461. The summed E-state index contributed by atoms with van der Waals surface area (Å²) < 4.78 is 0. The van der Waals surface area contributed by atoms with E-state index in [1.165, 1.54) is 6.42 Å². The Balaban J connectivity index is 2.43. The van der Waals surface area contributed by atoms with E-state index in [1.54, 1.807) is 0 Å². The van der Waals surface area contributed by atoms with Gasteiger partial charge in [-0.1, -0.05) is 6.92 Å². The van der Waals surface area contributed by atoms with Gasteiger partial charge in [-0.25, -0.2) is 0 Å². The van der Waals surface area contributed by atoms with Crippen molar-refractivity contribution in [2.24, 2.45) is 0 Å². The molecule has 1 unspecified atom stereocenters. The largest absolute Gasteiger partial charge is 0.343 e. The normalized spacial score (nSPS) is 23.7. The van der Waals surface area contributed by atoms with E-state index in [2.05, 4.69) is 5.32 Å². The first-order valence-electron chi connectivity index (χ1n) is 5.22. The molecular formula is C10H20N2O. The van der Waals surface area contributed by atoms with Gasteiger partial charge in [0.05, 0.1) is 0 Å². The molecule has 0 bridgehead atoms. The molecule has 1 aliphatic heterocycles. The number of carbonyl (C=O) groups excluding carboxylic acids is 1. The predicted octanol–water partition coefficient (Wildman–Crippen LogP) is 0.997. The molecule has 1 atom stereocenters. The Kier molecular flexibility index (Phi) is 4.22. The summed E-state index contributed by atoms with van der Waals surface area (Å²) in [6.45, 7) is 4.07. The van der Waals surface area contributed by atoms with Crippen molar-refractivity contribution in [2.75, 3.05) is 20.1 Å². The van der Waals surface area contributed by atoms with E-state index < -0.39 is 0 Å². The second kappa shape index (κ2) is 5.22. The maximum atomic E-state index is 11.4. The lowest BCUT2D eigenvalue weighted by Crippen LogP contribution is -2.37. The first-order valence-corrected chi connectivity index (χ1v) is 5.22. The van der Waals surface area contributed by atoms with Crippen molar-refractivity contribution in [2.45, 2.75) is 38.6 Å². The van der Waals surface area contributed by atoms with E-state index in [1.807, 2.05) is 18.9 Å². The maximum Gasteiger partial charge on any atom is 0.222 e. The summed E-state index contributed by atoms with van der Waals surface area (Å²) in [4.78, 5) is 13.4. The van der Waals surface area contributed by atoms with E-state index in [9.17, 15) is 4.79 Å². The summed E-state index contributed by atoms with van der Waals surface area (Å²) in [6.07, 6.45) is 4.06. The lowest BCUT2D eigenvalue weighted by molar-refractivity contribution is -0.131. The van der Waals surface area contributed by atoms with Crippen LogP contribution < -0.4 is 5.32 Å². The minimum absolute atomic E-state index is 0.270. The zero-order valence-corrected chi connectivity index (χ0v) is 8.68. The van der Waals surface area contributed by atoms with Gasteiger partial charge in [-0.15, -0.1) is 0 Å². The van der Waals surface area contributed by atoms with Gasteiger partial charge >= 0.3 is 0 Å². The van der Waals surface area contributed by atoms with Crippen LogP contribution in [0.15, 0.2) is 0 Å². The fourth-order valence-corrected chi connectivity index (χ4v) is 1.84. The maximum absolute atomic E-state index is 11.4. The standard InChI is InChI=1S/C10H20N2O/c1-3-10(13)12(2)9-5-4-7-11-8-6-9/h9,11H,3-8H2,1-2H3. The van der Waals surface area contributed by atoms with Crippen LogP contribution in [0.1, 0.15) is 32.6 Å². The Morgan fingerprint density at radius 1 is 1.46 bits per heavy atom. The SMILES string of the molecule is CCC(=O)N(C)C1CCCNCC1. The summed E-state index contributed by atoms with van der Waals surface area (Å²) in [7, 11) is 1.93. The molecule has 1 rings (SSSR count). The van der Waals surface area contributed by atoms with Gasteiger partial charge in [0.25, 0.3) is 0 Å². The molecule has 0 saturated carbocycles. The highest BCUT2D eigenvalue weighted by Gasteiger charge is 2.19. The third kappa shape index (κ3) is 2.99. The van der Waals surface area contributed by atoms with Crippen molar-refractivity contribution < 1.29 is 4.79 Å². The van der Waals surface area contributed by atoms with Crippen molar-refractivity contribution in [3.8, 4) is 0 Å². The molecule has 1 aliphatic rings. The number of nitrogens with zero attached hydrogens (tertiary/aromatic N) is 1. The van der Waals surface area contributed by atoms with Gasteiger partial charge in [-0.05, 0) is 32.4 Å². The Hall–Kier alpha value is -0.570. The lowest BCUT2D eigenvalue weighted by atomic mass is 10.1. The Morgan fingerprint density at radius 2 is 2.23 bits per heavy atom. The predicted molar refractivity (Wildman–Crippen MR) is 53.6 cm³/mol. The first kappa shape index (κ1) is 10.5. The fraction of sp³-hybridized carbons (Fsp3) is 0.900. The molecule has 76 valence electrons. The highest BCUT2D eigenvalue weighted by atomic mass is 16.2. The van der Waals surface area contributed by atoms with E-state index >= 15 is 0 Å². The second-order valence-electron chi connectivity index (χ2n) is 3.69. The first-order chi connectivity index (χ1) is 6.25. The monoisotopic (exact) mass is 184 g/mol. The van der Waals surface area contributed by atoms with Gasteiger partial charge < -0.3 is 10.2 Å². The van der Waals surface area contributed by atoms with Crippen LogP contribution in [-0.4, -0.2) is 37.0 Å². The van der Waals surface area contributed by atoms with Crippen LogP contribution >= 0.6 is 0 Å². The fourth-order valence-electron chi connectivity index (χ4n) is 1.84. The molecule has 0 aliphatic carbocycles. The molecule has 3 nitrogen and oxygen atoms in total. The number of hydrogen-bond acceptors (Lipinski definition) is 2. The summed E-state index contributed by atoms with van der Waals surface area (Å²) in [5.41, 5.74) is 0. The van der Waals surface area contributed by atoms with Crippen LogP contribution in [0.5, 0.6) is 0 Å². The van der Waals surface area contributed by atoms with Crippen LogP contribution in [0, 0.1) is 0 Å². The Bertz CT molecular complexity index is 162. The average molecular weight is 184 g/mol. The molecule has 1 heterocycles. The van der Waals surface area contributed by atoms with Crippen molar-refractivity contribution >= 4 is 5.91 Å². The third-order valence-electron chi connectivity index (χ3n) is 2.79. The molecule has 0 aromatic carbocycles. The van der Waals surface area contributed by atoms with Gasteiger partial charge in [-0.3, -0.25) is 4.79 Å². The molecular weight excluding hydrogens is 164 g/mol. The van der Waals surface area contributed by atoms with Crippen molar-refractivity contribution in [3.05, 3.63) is 0 Å². The molecule has 0 aromatic heterocycles. The number of hydrogen-bond donors (Lipinski definition) is 1. The van der Waals surface area contributed by atoms with E-state index in [0.29, 0.717) is 12.5 Å². The molecule has 1 amide bonds. The molecule has 0 radical (unpaired) electrons. The van der Waals surface area contributed by atoms with Crippen molar-refractivity contribution in [1.29, 1.82) is 0 Å². The van der Waals surface area contributed by atoms with Crippen LogP contribution in [0.3, 0.4) is 0 Å². The quantitative estimate of drug-likeness (QED) is 0.694. The van der Waals surface area contributed by atoms with Gasteiger partial charge in [0.15, 0.2) is 0 Å². The highest BCUT2D eigenvalue weighted by molar-refractivity contribution is 5.75. The van der Waals surface area contributed by atoms with Crippen LogP contribution in [0.2, 0.25) is 0 Å². The molecule has 13 heavy (non-hydrogen) atoms. The number of rotatable bonds is 2. The smallest absolute Gasteiger partial charge is 0.222 e. The van der Waals surface area contributed by atoms with Crippen LogP contribution in [0.4, 0.5) is 0 Å². The molecule has 1 saturated heterocycles. The Labute approximate surface area is 80.5 Å². The summed E-state index contributed by atoms with van der Waals surface area (Å²) in [5.74, 6) is 0.270. The van der Waals surface area contributed by atoms with E-state index in [4.69, 9.17) is 0 Å². The van der Waals surface area contributed by atoms with Gasteiger partial charge in [0.1, 0.15) is 0 Å². The second-order valence-corrected chi connectivity index (χ2v) is 3.69. The average Bonchev–Trinajstić information content (AvgIpc) is 2.43. The molecule has 0 spiro atoms. The van der Waals surface area contributed by atoms with Crippen molar-refractivity contribution in [1.82, 2.24) is 10.2 Å². The van der Waals surface area contributed by atoms with Gasteiger partial charge in [-0.2, -0.15) is 0 Å². The highest BCUT2D eigenvalue weighted by Crippen LogP contribution is 2.12. The lowest BCUT2D eigenvalue weighted by Gasteiger charge is -2.26. The third-order valence-corrected chi connectivity index (χ3v) is 2.79. The molecule has 3 heteroatoms. The number of carbonyl (C=O) groups is 1. The Morgan fingerprint density at radius 3 is 2.92 bits per heavy atom. The zero-order valence-electron chi connectivity index (χ0n) is 8.68. The number of nitrogens with one attached hydrogen (secondary N) is 1. The van der Waals surface area contributed by atoms with Crippen LogP contribution in [0.25, 0.3) is 0 Å². The molecule has 0 aromatic rings. The van der Waals surface area contributed by atoms with E-state index in [0.717, 1.165) is 25.9 Å². The molecule has 1 fully saturated rings. The minimum atomic E-state index is 0.270. The van der Waals surface area contributed by atoms with Crippen molar-refractivity contribution in [3.63, 3.8) is 0 Å². The summed E-state index contributed by atoms with van der Waals surface area (Å²) >= 11 is 0. The van der Waals surface area contributed by atoms with Gasteiger partial charge in [0, 0.05) is 19.5 Å². The summed E-state index contributed by atoms with van der Waals surface area (Å²) in [5, 5.41) is 3.35. The zero-order chi connectivity index (χ0) is 9.68. The molecule has 1 N–H and O–H groups in total. The van der Waals surface area contributed by atoms with Crippen LogP contribution in [-0.2, 0) is 4.79 Å². The van der Waals surface area contributed by atoms with E-state index in [-0.39, 0.29) is 5.91 Å². The number of amides is 1. The van der Waals surface area contributed by atoms with Gasteiger partial charge in [0.2, 0.25) is 5.91 Å². The topological polar surface area (TPSA) is 32.3 Å². The minimum Gasteiger partial charge on any atom is -0.343 e.